The highest BCUT2D eigenvalue weighted by atomic mass is 16.5. The molecule has 0 fully saturated rings. The van der Waals surface area contributed by atoms with Crippen molar-refractivity contribution in [3.8, 4) is 16.9 Å². The third kappa shape index (κ3) is 4.12. The van der Waals surface area contributed by atoms with Gasteiger partial charge in [0.25, 0.3) is 5.91 Å². The fraction of sp³-hybridized carbons (Fsp3) is 0.167. The smallest absolute Gasteiger partial charge is 0.277 e. The number of carbonyl (C=O) groups excluding carboxylic acids is 1. The summed E-state index contributed by atoms with van der Waals surface area (Å²) in [5, 5.41) is 4.35. The van der Waals surface area contributed by atoms with Gasteiger partial charge >= 0.3 is 0 Å². The van der Waals surface area contributed by atoms with Crippen LogP contribution in [0.2, 0.25) is 0 Å². The second kappa shape index (κ2) is 8.53. The molecule has 0 saturated carbocycles. The summed E-state index contributed by atoms with van der Waals surface area (Å²) < 4.78 is 5.78. The summed E-state index contributed by atoms with van der Waals surface area (Å²) in [5.41, 5.74) is 8.01. The monoisotopic (exact) mass is 370 g/mol. The first-order valence-electron chi connectivity index (χ1n) is 9.52. The number of benzene rings is 3. The van der Waals surface area contributed by atoms with E-state index in [1.807, 2.05) is 66.7 Å². The average molecular weight is 370 g/mol. The maximum atomic E-state index is 12.3. The highest BCUT2D eigenvalue weighted by Gasteiger charge is 2.15. The van der Waals surface area contributed by atoms with Crippen LogP contribution < -0.4 is 10.2 Å². The molecule has 0 aliphatic heterocycles. The second-order valence-electron chi connectivity index (χ2n) is 6.76. The molecule has 0 bridgehead atoms. The maximum absolute atomic E-state index is 12.3. The molecule has 4 nitrogen and oxygen atoms in total. The number of nitrogens with zero attached hydrogens (tertiary/aromatic N) is 1. The quantitative estimate of drug-likeness (QED) is 0.668. The van der Waals surface area contributed by atoms with E-state index < -0.39 is 0 Å². The number of carbonyl (C=O) groups is 1. The average Bonchev–Trinajstić information content (AvgIpc) is 2.77. The Kier molecular flexibility index (Phi) is 5.48. The van der Waals surface area contributed by atoms with E-state index in [-0.39, 0.29) is 12.5 Å². The molecule has 4 heteroatoms. The van der Waals surface area contributed by atoms with Gasteiger partial charge in [-0.3, -0.25) is 4.79 Å². The summed E-state index contributed by atoms with van der Waals surface area (Å²) in [7, 11) is 0. The van der Waals surface area contributed by atoms with Gasteiger partial charge in [-0.25, -0.2) is 5.43 Å². The van der Waals surface area contributed by atoms with Gasteiger partial charge in [-0.1, -0.05) is 72.8 Å². The van der Waals surface area contributed by atoms with Gasteiger partial charge < -0.3 is 4.74 Å². The lowest BCUT2D eigenvalue weighted by Crippen LogP contribution is -2.27. The van der Waals surface area contributed by atoms with E-state index in [1.165, 1.54) is 5.56 Å². The minimum absolute atomic E-state index is 0.0811. The number of rotatable bonds is 5. The van der Waals surface area contributed by atoms with E-state index in [2.05, 4.69) is 22.7 Å². The molecule has 4 rings (SSSR count). The van der Waals surface area contributed by atoms with Gasteiger partial charge in [0.05, 0.1) is 5.71 Å². The number of aryl methyl sites for hydroxylation is 1. The molecule has 140 valence electrons. The number of hydrogen-bond acceptors (Lipinski definition) is 3. The Balaban J connectivity index is 1.41. The molecular formula is C24H22N2O2. The summed E-state index contributed by atoms with van der Waals surface area (Å²) in [4.78, 5) is 12.3. The van der Waals surface area contributed by atoms with Gasteiger partial charge in [0, 0.05) is 11.1 Å². The molecule has 1 N–H and O–H groups in total. The van der Waals surface area contributed by atoms with Crippen molar-refractivity contribution in [3.63, 3.8) is 0 Å². The number of hydrazone groups is 1. The lowest BCUT2D eigenvalue weighted by atomic mass is 9.90. The van der Waals surface area contributed by atoms with E-state index >= 15 is 0 Å². The Morgan fingerprint density at radius 1 is 0.857 bits per heavy atom. The Hall–Kier alpha value is -3.40. The molecule has 1 amide bonds. The van der Waals surface area contributed by atoms with E-state index in [9.17, 15) is 4.79 Å². The maximum Gasteiger partial charge on any atom is 0.277 e. The van der Waals surface area contributed by atoms with Gasteiger partial charge in [0.2, 0.25) is 0 Å². The van der Waals surface area contributed by atoms with Crippen molar-refractivity contribution in [1.82, 2.24) is 5.43 Å². The van der Waals surface area contributed by atoms with Crippen LogP contribution in [0.1, 0.15) is 24.0 Å². The van der Waals surface area contributed by atoms with Crippen LogP contribution in [0.5, 0.6) is 5.75 Å². The molecule has 0 radical (unpaired) electrons. The van der Waals surface area contributed by atoms with Crippen molar-refractivity contribution in [2.24, 2.45) is 5.10 Å². The van der Waals surface area contributed by atoms with Crippen LogP contribution in [0, 0.1) is 0 Å². The summed E-state index contributed by atoms with van der Waals surface area (Å²) in [6.45, 7) is -0.0811. The number of nitrogens with one attached hydrogen (secondary N) is 1. The zero-order valence-corrected chi connectivity index (χ0v) is 15.6. The molecule has 1 aliphatic rings. The van der Waals surface area contributed by atoms with Gasteiger partial charge in [-0.05, 0) is 36.5 Å². The van der Waals surface area contributed by atoms with Gasteiger partial charge in [0.15, 0.2) is 6.61 Å². The Bertz CT molecular complexity index is 996. The lowest BCUT2D eigenvalue weighted by molar-refractivity contribution is -0.123. The summed E-state index contributed by atoms with van der Waals surface area (Å²) in [6.07, 6.45) is 2.98. The number of hydrogen-bond donors (Lipinski definition) is 1. The van der Waals surface area contributed by atoms with E-state index in [4.69, 9.17) is 4.74 Å². The van der Waals surface area contributed by atoms with Crippen LogP contribution >= 0.6 is 0 Å². The van der Waals surface area contributed by atoms with Crippen LogP contribution in [0.15, 0.2) is 84.0 Å². The topological polar surface area (TPSA) is 50.7 Å². The van der Waals surface area contributed by atoms with Crippen molar-refractivity contribution >= 4 is 11.6 Å². The van der Waals surface area contributed by atoms with Crippen LogP contribution in [0.4, 0.5) is 0 Å². The van der Waals surface area contributed by atoms with Crippen molar-refractivity contribution in [3.05, 3.63) is 90.0 Å². The third-order valence-electron chi connectivity index (χ3n) is 4.83. The minimum atomic E-state index is -0.265. The number of amides is 1. The Morgan fingerprint density at radius 3 is 2.43 bits per heavy atom. The van der Waals surface area contributed by atoms with Crippen LogP contribution in [0.25, 0.3) is 11.1 Å². The van der Waals surface area contributed by atoms with Crippen LogP contribution in [-0.2, 0) is 11.2 Å². The minimum Gasteiger partial charge on any atom is -0.483 e. The summed E-state index contributed by atoms with van der Waals surface area (Å²) in [5.74, 6) is 0.415. The van der Waals surface area contributed by atoms with Crippen molar-refractivity contribution in [1.29, 1.82) is 0 Å². The van der Waals surface area contributed by atoms with Gasteiger partial charge in [0.1, 0.15) is 5.75 Å². The van der Waals surface area contributed by atoms with Crippen molar-refractivity contribution in [2.45, 2.75) is 19.3 Å². The molecule has 1 aliphatic carbocycles. The molecule has 3 aromatic carbocycles. The number of para-hydroxylation sites is 1. The molecule has 3 aromatic rings. The molecule has 0 aromatic heterocycles. The molecule has 28 heavy (non-hydrogen) atoms. The molecule has 0 unspecified atom stereocenters. The summed E-state index contributed by atoms with van der Waals surface area (Å²) in [6, 6.07) is 25.9. The fourth-order valence-corrected chi connectivity index (χ4v) is 3.47. The van der Waals surface area contributed by atoms with E-state index in [0.717, 1.165) is 41.7 Å². The standard InChI is InChI=1S/C24H22N2O2/c27-24(26-25-22-15-8-12-18-11-4-5-13-20(18)22)17-28-23-16-7-6-14-21(23)19-9-2-1-3-10-19/h1-7,9-11,13-14,16H,8,12,15,17H2,(H,26,27)/b25-22-. The highest BCUT2D eigenvalue weighted by Crippen LogP contribution is 2.29. The van der Waals surface area contributed by atoms with E-state index in [0.29, 0.717) is 5.75 Å². The van der Waals surface area contributed by atoms with Crippen molar-refractivity contribution < 1.29 is 9.53 Å². The molecule has 0 atom stereocenters. The SMILES string of the molecule is O=C(COc1ccccc1-c1ccccc1)N/N=C1/CCCc2ccccc21. The highest BCUT2D eigenvalue weighted by molar-refractivity contribution is 6.03. The van der Waals surface area contributed by atoms with Gasteiger partial charge in [-0.2, -0.15) is 5.10 Å². The Morgan fingerprint density at radius 2 is 1.57 bits per heavy atom. The largest absolute Gasteiger partial charge is 0.483 e. The van der Waals surface area contributed by atoms with Crippen LogP contribution in [-0.4, -0.2) is 18.2 Å². The molecule has 0 spiro atoms. The predicted octanol–water partition coefficient (Wildman–Crippen LogP) is 4.59. The first kappa shape index (κ1) is 18.0. The first-order chi connectivity index (χ1) is 13.8. The van der Waals surface area contributed by atoms with Crippen molar-refractivity contribution in [2.75, 3.05) is 6.61 Å². The normalized spacial score (nSPS) is 14.4. The van der Waals surface area contributed by atoms with Crippen LogP contribution in [0.3, 0.4) is 0 Å². The fourth-order valence-electron chi connectivity index (χ4n) is 3.47. The number of ether oxygens (including phenoxy) is 1. The zero-order valence-electron chi connectivity index (χ0n) is 15.6. The molecule has 0 heterocycles. The predicted molar refractivity (Wildman–Crippen MR) is 111 cm³/mol. The molecular weight excluding hydrogens is 348 g/mol. The first-order valence-corrected chi connectivity index (χ1v) is 9.52. The number of fused-ring (bicyclic) bond motifs is 1. The second-order valence-corrected chi connectivity index (χ2v) is 6.76. The molecule has 0 saturated heterocycles. The van der Waals surface area contributed by atoms with Gasteiger partial charge in [-0.15, -0.1) is 0 Å². The zero-order chi connectivity index (χ0) is 19.2. The van der Waals surface area contributed by atoms with E-state index in [1.54, 1.807) is 0 Å². The third-order valence-corrected chi connectivity index (χ3v) is 4.83. The summed E-state index contributed by atoms with van der Waals surface area (Å²) >= 11 is 0. The Labute approximate surface area is 164 Å². The lowest BCUT2D eigenvalue weighted by Gasteiger charge is -2.17.